The topological polar surface area (TPSA) is 70.3 Å². The van der Waals surface area contributed by atoms with Crippen LogP contribution in [0.5, 0.6) is 23.3 Å². The third kappa shape index (κ3) is 5.60. The number of ether oxygens (including phenoxy) is 2. The second-order valence-corrected chi connectivity index (χ2v) is 9.93. The maximum absolute atomic E-state index is 13.4. The zero-order chi connectivity index (χ0) is 28.8. The summed E-state index contributed by atoms with van der Waals surface area (Å²) >= 11 is 12.8. The molecule has 0 aliphatic carbocycles. The molecular formula is C26H13Cl2F6N3O2S. The lowest BCUT2D eigenvalue weighted by molar-refractivity contribution is -0.138. The molecule has 2 aromatic heterocycles. The van der Waals surface area contributed by atoms with Crippen LogP contribution < -0.4 is 15.2 Å². The number of hydrogen-bond acceptors (Lipinski definition) is 6. The molecule has 206 valence electrons. The number of halogens is 8. The number of thiophene rings is 1. The van der Waals surface area contributed by atoms with E-state index in [1.807, 2.05) is 12.1 Å². The molecule has 0 radical (unpaired) electrons. The molecule has 3 aromatic carbocycles. The van der Waals surface area contributed by atoms with Crippen molar-refractivity contribution in [3.63, 3.8) is 0 Å². The third-order valence-electron chi connectivity index (χ3n) is 5.51. The van der Waals surface area contributed by atoms with E-state index in [2.05, 4.69) is 9.97 Å². The van der Waals surface area contributed by atoms with Crippen LogP contribution in [0.2, 0.25) is 10.0 Å². The van der Waals surface area contributed by atoms with Crippen molar-refractivity contribution in [2.45, 2.75) is 12.4 Å². The monoisotopic (exact) mass is 615 g/mol. The van der Waals surface area contributed by atoms with E-state index in [1.54, 1.807) is 17.5 Å². The highest BCUT2D eigenvalue weighted by atomic mass is 35.5. The van der Waals surface area contributed by atoms with Gasteiger partial charge in [0.25, 0.3) is 0 Å². The molecule has 0 saturated heterocycles. The van der Waals surface area contributed by atoms with Crippen molar-refractivity contribution in [3.05, 3.63) is 87.2 Å². The second kappa shape index (κ2) is 10.3. The first kappa shape index (κ1) is 27.8. The Morgan fingerprint density at radius 2 is 1.23 bits per heavy atom. The highest BCUT2D eigenvalue weighted by Gasteiger charge is 2.35. The fourth-order valence-corrected chi connectivity index (χ4v) is 5.04. The predicted molar refractivity (Wildman–Crippen MR) is 140 cm³/mol. The van der Waals surface area contributed by atoms with Crippen molar-refractivity contribution in [1.82, 2.24) is 9.97 Å². The van der Waals surface area contributed by atoms with Gasteiger partial charge >= 0.3 is 12.4 Å². The number of anilines is 1. The Bertz CT molecular complexity index is 1650. The number of nitrogens with two attached hydrogens (primary N) is 1. The molecule has 5 aromatic rings. The van der Waals surface area contributed by atoms with Gasteiger partial charge < -0.3 is 15.2 Å². The van der Waals surface area contributed by atoms with Crippen molar-refractivity contribution in [2.75, 3.05) is 5.73 Å². The number of alkyl halides is 6. The fraction of sp³-hybridized carbons (Fsp3) is 0.0769. The van der Waals surface area contributed by atoms with E-state index < -0.39 is 45.3 Å². The highest BCUT2D eigenvalue weighted by Crippen LogP contribution is 2.43. The molecule has 0 saturated carbocycles. The summed E-state index contributed by atoms with van der Waals surface area (Å²) in [5.41, 5.74) is 3.98. The molecule has 0 spiro atoms. The summed E-state index contributed by atoms with van der Waals surface area (Å²) < 4.78 is 92.5. The van der Waals surface area contributed by atoms with Gasteiger partial charge in [-0.25, -0.2) is 0 Å². The molecule has 5 nitrogen and oxygen atoms in total. The summed E-state index contributed by atoms with van der Waals surface area (Å²) in [5.74, 6) is -1.39. The Morgan fingerprint density at radius 3 is 1.73 bits per heavy atom. The third-order valence-corrected chi connectivity index (χ3v) is 7.14. The van der Waals surface area contributed by atoms with E-state index in [0.717, 1.165) is 22.2 Å². The minimum Gasteiger partial charge on any atom is -0.437 e. The van der Waals surface area contributed by atoms with Gasteiger partial charge in [-0.15, -0.1) is 11.3 Å². The molecule has 0 fully saturated rings. The number of nitrogens with zero attached hydrogens (tertiary/aromatic N) is 2. The van der Waals surface area contributed by atoms with Crippen LogP contribution in [0.3, 0.4) is 0 Å². The second-order valence-electron chi connectivity index (χ2n) is 8.20. The minimum absolute atomic E-state index is 0.00617. The standard InChI is InChI=1S/C26H13Cl2F6N3O2S/c27-18-7-5-12(9-16(18)25(29,30)31)38-23-21(35)24(39-13-6-8-19(28)17(10-13)26(32,33)34)37-22(36-23)15-11-40-20-4-2-1-3-14(15)20/h1-11H,35H2. The lowest BCUT2D eigenvalue weighted by Crippen LogP contribution is -2.07. The van der Waals surface area contributed by atoms with Gasteiger partial charge in [-0.3, -0.25) is 0 Å². The average Bonchev–Trinajstić information content (AvgIpc) is 3.31. The van der Waals surface area contributed by atoms with Gasteiger partial charge in [0.2, 0.25) is 11.8 Å². The summed E-state index contributed by atoms with van der Waals surface area (Å²) in [4.78, 5) is 8.60. The zero-order valence-corrected chi connectivity index (χ0v) is 21.9. The van der Waals surface area contributed by atoms with Crippen molar-refractivity contribution in [2.24, 2.45) is 0 Å². The van der Waals surface area contributed by atoms with Crippen molar-refractivity contribution >= 4 is 50.3 Å². The SMILES string of the molecule is Nc1c(Oc2ccc(Cl)c(C(F)(F)F)c2)nc(-c2csc3ccccc23)nc1Oc1ccc(Cl)c(C(F)(F)F)c1. The molecule has 0 unspecified atom stereocenters. The summed E-state index contributed by atoms with van der Waals surface area (Å²) in [6.45, 7) is 0. The van der Waals surface area contributed by atoms with E-state index in [0.29, 0.717) is 17.7 Å². The molecule has 0 aliphatic rings. The first-order valence-corrected chi connectivity index (χ1v) is 12.7. The highest BCUT2D eigenvalue weighted by molar-refractivity contribution is 7.17. The maximum atomic E-state index is 13.4. The Hall–Kier alpha value is -3.74. The van der Waals surface area contributed by atoms with Crippen LogP contribution in [-0.2, 0) is 12.4 Å². The number of benzene rings is 3. The van der Waals surface area contributed by atoms with Gasteiger partial charge in [0.05, 0.1) is 21.2 Å². The molecular weight excluding hydrogens is 603 g/mol. The van der Waals surface area contributed by atoms with Crippen LogP contribution in [0.25, 0.3) is 21.5 Å². The van der Waals surface area contributed by atoms with Crippen LogP contribution in [0.4, 0.5) is 32.0 Å². The first-order valence-electron chi connectivity index (χ1n) is 11.0. The molecule has 0 bridgehead atoms. The number of hydrogen-bond donors (Lipinski definition) is 1. The molecule has 5 rings (SSSR count). The Labute approximate surface area is 235 Å². The molecule has 0 amide bonds. The lowest BCUT2D eigenvalue weighted by atomic mass is 10.1. The largest absolute Gasteiger partial charge is 0.437 e. The predicted octanol–water partition coefficient (Wildman–Crippen LogP) is 9.87. The smallest absolute Gasteiger partial charge is 0.417 e. The summed E-state index contributed by atoms with van der Waals surface area (Å²) in [6, 6.07) is 12.9. The summed E-state index contributed by atoms with van der Waals surface area (Å²) in [6.07, 6.45) is -9.54. The van der Waals surface area contributed by atoms with E-state index >= 15 is 0 Å². The molecule has 2 heterocycles. The van der Waals surface area contributed by atoms with Crippen LogP contribution in [0, 0.1) is 0 Å². The number of rotatable bonds is 5. The molecule has 2 N–H and O–H groups in total. The normalized spacial score (nSPS) is 12.1. The maximum Gasteiger partial charge on any atom is 0.417 e. The van der Waals surface area contributed by atoms with Crippen molar-refractivity contribution in [1.29, 1.82) is 0 Å². The quantitative estimate of drug-likeness (QED) is 0.199. The van der Waals surface area contributed by atoms with Crippen LogP contribution >= 0.6 is 34.5 Å². The van der Waals surface area contributed by atoms with E-state index in [-0.39, 0.29) is 23.0 Å². The van der Waals surface area contributed by atoms with Crippen molar-refractivity contribution < 1.29 is 35.8 Å². The molecule has 0 atom stereocenters. The Morgan fingerprint density at radius 1 is 0.725 bits per heavy atom. The zero-order valence-electron chi connectivity index (χ0n) is 19.6. The van der Waals surface area contributed by atoms with Crippen LogP contribution in [-0.4, -0.2) is 9.97 Å². The van der Waals surface area contributed by atoms with E-state index in [9.17, 15) is 26.3 Å². The van der Waals surface area contributed by atoms with Crippen LogP contribution in [0.15, 0.2) is 66.0 Å². The van der Waals surface area contributed by atoms with Crippen LogP contribution in [0.1, 0.15) is 11.1 Å². The fourth-order valence-electron chi connectivity index (χ4n) is 3.65. The Balaban J connectivity index is 1.63. The molecule has 14 heteroatoms. The van der Waals surface area contributed by atoms with Gasteiger partial charge in [-0.05, 0) is 42.5 Å². The summed E-state index contributed by atoms with van der Waals surface area (Å²) in [7, 11) is 0. The molecule has 0 aliphatic heterocycles. The van der Waals surface area contributed by atoms with Gasteiger partial charge in [0, 0.05) is 21.0 Å². The molecule has 40 heavy (non-hydrogen) atoms. The van der Waals surface area contributed by atoms with Gasteiger partial charge in [0.15, 0.2) is 11.5 Å². The number of fused-ring (bicyclic) bond motifs is 1. The van der Waals surface area contributed by atoms with Gasteiger partial charge in [-0.1, -0.05) is 41.4 Å². The van der Waals surface area contributed by atoms with E-state index in [1.165, 1.54) is 23.5 Å². The minimum atomic E-state index is -4.77. The number of aromatic nitrogens is 2. The van der Waals surface area contributed by atoms with Crippen molar-refractivity contribution in [3.8, 4) is 34.6 Å². The summed E-state index contributed by atoms with van der Waals surface area (Å²) in [5, 5.41) is 1.38. The number of nitrogen functional groups attached to an aromatic ring is 1. The van der Waals surface area contributed by atoms with Gasteiger partial charge in [-0.2, -0.15) is 36.3 Å². The van der Waals surface area contributed by atoms with E-state index in [4.69, 9.17) is 38.4 Å². The average molecular weight is 616 g/mol. The van der Waals surface area contributed by atoms with Gasteiger partial charge in [0.1, 0.15) is 11.5 Å². The Kier molecular flexibility index (Phi) is 7.19. The first-order chi connectivity index (χ1) is 18.8. The lowest BCUT2D eigenvalue weighted by Gasteiger charge is -2.16.